The van der Waals surface area contributed by atoms with Crippen LogP contribution in [0, 0.1) is 13.8 Å². The van der Waals surface area contributed by atoms with Gasteiger partial charge >= 0.3 is 29.6 Å². The molecule has 0 bridgehead atoms. The van der Waals surface area contributed by atoms with Crippen molar-refractivity contribution < 1.29 is 49.1 Å². The summed E-state index contributed by atoms with van der Waals surface area (Å²) < 4.78 is 30.2. The molecular weight excluding hydrogens is 289 g/mol. The van der Waals surface area contributed by atoms with Crippen molar-refractivity contribution in [2.45, 2.75) is 26.9 Å². The Morgan fingerprint density at radius 2 is 1.75 bits per heavy atom. The van der Waals surface area contributed by atoms with E-state index in [1.165, 1.54) is 0 Å². The molecule has 1 aromatic carbocycles. The fourth-order valence-electron chi connectivity index (χ4n) is 2.10. The fraction of sp³-hybridized carbons (Fsp3) is 0.538. The largest absolute Gasteiger partial charge is 1.00 e. The number of anilines is 1. The molecule has 0 aliphatic heterocycles. The molecule has 1 unspecified atom stereocenters. The van der Waals surface area contributed by atoms with Gasteiger partial charge in [-0.25, -0.2) is 0 Å². The Balaban J connectivity index is 0. The topological polar surface area (TPSA) is 77.8 Å². The standard InChI is InChI=1S/C13H21NO4S.Na.H/c1-4-14(8-13(15)9-19(16,17)18)12-6-10(2)5-11(3)7-12;;/h5-7,13,15H,4,8-9H2,1-3H3,(H,16,17,18);;/q;+1;-1. The van der Waals surface area contributed by atoms with Gasteiger partial charge in [-0.3, -0.25) is 4.55 Å². The van der Waals surface area contributed by atoms with Gasteiger partial charge in [0.1, 0.15) is 5.75 Å². The summed E-state index contributed by atoms with van der Waals surface area (Å²) >= 11 is 0. The summed E-state index contributed by atoms with van der Waals surface area (Å²) in [5, 5.41) is 9.71. The summed E-state index contributed by atoms with van der Waals surface area (Å²) in [6.45, 7) is 6.71. The predicted octanol–water partition coefficient (Wildman–Crippen LogP) is -1.51. The summed E-state index contributed by atoms with van der Waals surface area (Å²) in [6.07, 6.45) is -1.12. The van der Waals surface area contributed by atoms with E-state index in [9.17, 15) is 13.5 Å². The van der Waals surface area contributed by atoms with Gasteiger partial charge in [0.05, 0.1) is 6.10 Å². The minimum Gasteiger partial charge on any atom is -1.00 e. The molecule has 5 nitrogen and oxygen atoms in total. The molecule has 0 fully saturated rings. The van der Waals surface area contributed by atoms with Crippen molar-refractivity contribution in [2.75, 3.05) is 23.7 Å². The Morgan fingerprint density at radius 3 is 2.15 bits per heavy atom. The van der Waals surface area contributed by atoms with Crippen molar-refractivity contribution >= 4 is 15.8 Å². The van der Waals surface area contributed by atoms with E-state index >= 15 is 0 Å². The Labute approximate surface area is 144 Å². The molecule has 110 valence electrons. The van der Waals surface area contributed by atoms with Crippen LogP contribution in [0.2, 0.25) is 0 Å². The van der Waals surface area contributed by atoms with Crippen LogP contribution in [0.3, 0.4) is 0 Å². The molecule has 0 radical (unpaired) electrons. The van der Waals surface area contributed by atoms with Crippen LogP contribution in [0.15, 0.2) is 18.2 Å². The summed E-state index contributed by atoms with van der Waals surface area (Å²) in [7, 11) is -4.15. The zero-order valence-electron chi connectivity index (χ0n) is 13.5. The van der Waals surface area contributed by atoms with Gasteiger partial charge in [-0.2, -0.15) is 8.42 Å². The predicted molar refractivity (Wildman–Crippen MR) is 77.3 cm³/mol. The van der Waals surface area contributed by atoms with E-state index < -0.39 is 22.0 Å². The van der Waals surface area contributed by atoms with E-state index in [-0.39, 0.29) is 37.5 Å². The molecule has 2 N–H and O–H groups in total. The van der Waals surface area contributed by atoms with Crippen LogP contribution in [-0.2, 0) is 10.1 Å². The Hall–Kier alpha value is -0.110. The first kappa shape index (κ1) is 19.9. The smallest absolute Gasteiger partial charge is 1.00 e. The Kier molecular flexibility index (Phi) is 8.32. The van der Waals surface area contributed by atoms with E-state index in [0.29, 0.717) is 6.54 Å². The third-order valence-corrected chi connectivity index (χ3v) is 3.59. The molecule has 7 heteroatoms. The molecule has 1 atom stereocenters. The van der Waals surface area contributed by atoms with Crippen LogP contribution in [0.4, 0.5) is 5.69 Å². The summed E-state index contributed by atoms with van der Waals surface area (Å²) in [5.41, 5.74) is 3.16. The molecule has 0 saturated carbocycles. The molecule has 0 amide bonds. The second kappa shape index (κ2) is 8.36. The molecule has 0 spiro atoms. The molecule has 0 saturated heterocycles. The van der Waals surface area contributed by atoms with E-state index in [1.807, 2.05) is 43.9 Å². The molecule has 0 aliphatic rings. The Morgan fingerprint density at radius 1 is 1.25 bits per heavy atom. The minimum atomic E-state index is -4.15. The van der Waals surface area contributed by atoms with Crippen molar-refractivity contribution in [3.8, 4) is 0 Å². The molecule has 0 aliphatic carbocycles. The number of aliphatic hydroxyl groups excluding tert-OH is 1. The van der Waals surface area contributed by atoms with Gasteiger partial charge < -0.3 is 11.4 Å². The normalized spacial score (nSPS) is 12.7. The number of hydrogen-bond acceptors (Lipinski definition) is 4. The second-order valence-corrected chi connectivity index (χ2v) is 6.28. The molecule has 20 heavy (non-hydrogen) atoms. The SMILES string of the molecule is CCN(CC(O)CS(=O)(=O)O)c1cc(C)cc(C)c1.[H-].[Na+]. The van der Waals surface area contributed by atoms with Crippen LogP contribution in [0.25, 0.3) is 0 Å². The first-order valence-electron chi connectivity index (χ1n) is 6.17. The maximum atomic E-state index is 10.7. The summed E-state index contributed by atoms with van der Waals surface area (Å²) in [4.78, 5) is 1.88. The number of aryl methyl sites for hydroxylation is 2. The molecule has 1 aromatic rings. The van der Waals surface area contributed by atoms with Gasteiger partial charge in [0, 0.05) is 18.8 Å². The van der Waals surface area contributed by atoms with Gasteiger partial charge in [0.2, 0.25) is 0 Å². The molecular formula is C13H22NNaO4S. The molecule has 0 aromatic heterocycles. The fourth-order valence-corrected chi connectivity index (χ4v) is 2.69. The first-order chi connectivity index (χ1) is 8.71. The summed E-state index contributed by atoms with van der Waals surface area (Å²) in [5.74, 6) is -0.645. The van der Waals surface area contributed by atoms with E-state index in [4.69, 9.17) is 4.55 Å². The Bertz CT molecular complexity index is 519. The quantitative estimate of drug-likeness (QED) is 0.494. The van der Waals surface area contributed by atoms with E-state index in [2.05, 4.69) is 0 Å². The van der Waals surface area contributed by atoms with Crippen molar-refractivity contribution in [1.82, 2.24) is 0 Å². The number of hydrogen-bond donors (Lipinski definition) is 2. The minimum absolute atomic E-state index is 0. The number of rotatable bonds is 6. The van der Waals surface area contributed by atoms with Crippen molar-refractivity contribution in [3.05, 3.63) is 29.3 Å². The summed E-state index contributed by atoms with van der Waals surface area (Å²) in [6, 6.07) is 6.01. The van der Waals surface area contributed by atoms with Gasteiger partial charge in [-0.15, -0.1) is 0 Å². The van der Waals surface area contributed by atoms with Gasteiger partial charge in [-0.05, 0) is 44.0 Å². The average molecular weight is 311 g/mol. The number of likely N-dealkylation sites (N-methyl/N-ethyl adjacent to an activating group) is 1. The van der Waals surface area contributed by atoms with Crippen molar-refractivity contribution in [3.63, 3.8) is 0 Å². The molecule has 1 rings (SSSR count). The van der Waals surface area contributed by atoms with Crippen LogP contribution < -0.4 is 34.5 Å². The first-order valence-corrected chi connectivity index (χ1v) is 7.78. The average Bonchev–Trinajstić information content (AvgIpc) is 2.21. The van der Waals surface area contributed by atoms with Crippen LogP contribution >= 0.6 is 0 Å². The zero-order chi connectivity index (χ0) is 14.6. The monoisotopic (exact) mass is 311 g/mol. The van der Waals surface area contributed by atoms with Crippen molar-refractivity contribution in [1.29, 1.82) is 0 Å². The third kappa shape index (κ3) is 7.06. The van der Waals surface area contributed by atoms with E-state index in [0.717, 1.165) is 16.8 Å². The number of benzene rings is 1. The maximum Gasteiger partial charge on any atom is 1.00 e. The van der Waals surface area contributed by atoms with Crippen molar-refractivity contribution in [2.24, 2.45) is 0 Å². The van der Waals surface area contributed by atoms with Crippen LogP contribution in [0.5, 0.6) is 0 Å². The number of nitrogens with zero attached hydrogens (tertiary/aromatic N) is 1. The van der Waals surface area contributed by atoms with Gasteiger partial charge in [-0.1, -0.05) is 6.07 Å². The molecule has 0 heterocycles. The maximum absolute atomic E-state index is 10.7. The van der Waals surface area contributed by atoms with Gasteiger partial charge in [0.15, 0.2) is 0 Å². The van der Waals surface area contributed by atoms with Crippen LogP contribution in [-0.4, -0.2) is 43.0 Å². The zero-order valence-corrected chi connectivity index (χ0v) is 15.3. The number of aliphatic hydroxyl groups is 1. The van der Waals surface area contributed by atoms with Gasteiger partial charge in [0.25, 0.3) is 10.1 Å². The second-order valence-electron chi connectivity index (χ2n) is 4.79. The third-order valence-electron chi connectivity index (χ3n) is 2.79. The van der Waals surface area contributed by atoms with E-state index in [1.54, 1.807) is 0 Å². The van der Waals surface area contributed by atoms with Crippen LogP contribution in [0.1, 0.15) is 19.5 Å².